The number of likely N-dealkylation sites (N-methyl/N-ethyl adjacent to an activating group) is 1. The van der Waals surface area contributed by atoms with Gasteiger partial charge in [-0.2, -0.15) is 0 Å². The third-order valence-corrected chi connectivity index (χ3v) is 6.71. The van der Waals surface area contributed by atoms with Crippen LogP contribution in [0.4, 0.5) is 4.39 Å². The molecule has 0 amide bonds. The van der Waals surface area contributed by atoms with Crippen LogP contribution in [0.15, 0.2) is 42.5 Å². The van der Waals surface area contributed by atoms with Gasteiger partial charge >= 0.3 is 0 Å². The first-order valence-corrected chi connectivity index (χ1v) is 10.6. The largest absolute Gasteiger partial charge is 0.366 e. The Balaban J connectivity index is 1.73. The molecule has 0 saturated carbocycles. The lowest BCUT2D eigenvalue weighted by Gasteiger charge is -2.41. The zero-order valence-electron chi connectivity index (χ0n) is 17.7. The Hall–Kier alpha value is -2.17. The molecule has 0 radical (unpaired) electrons. The van der Waals surface area contributed by atoms with Gasteiger partial charge in [-0.05, 0) is 69.6 Å². The molecule has 3 unspecified atom stereocenters. The SMILES string of the molecule is Cc1ccc2c(c1)c1c3n2CC(C)(c2ccc(F)cc2)OC(C)CC3CN(C)C1. The molecule has 152 valence electrons. The van der Waals surface area contributed by atoms with Gasteiger partial charge < -0.3 is 14.2 Å². The molecule has 3 heterocycles. The highest BCUT2D eigenvalue weighted by molar-refractivity contribution is 5.87. The lowest BCUT2D eigenvalue weighted by molar-refractivity contribution is -0.101. The van der Waals surface area contributed by atoms with Gasteiger partial charge in [0.1, 0.15) is 11.4 Å². The maximum absolute atomic E-state index is 13.6. The van der Waals surface area contributed by atoms with Crippen LogP contribution in [0.25, 0.3) is 10.9 Å². The van der Waals surface area contributed by atoms with Gasteiger partial charge in [0.15, 0.2) is 0 Å². The number of fused-ring (bicyclic) bond motifs is 3. The predicted octanol–water partition coefficient (Wildman–Crippen LogP) is 5.34. The van der Waals surface area contributed by atoms with E-state index in [4.69, 9.17) is 4.74 Å². The topological polar surface area (TPSA) is 17.4 Å². The van der Waals surface area contributed by atoms with Crippen LogP contribution in [0.5, 0.6) is 0 Å². The van der Waals surface area contributed by atoms with E-state index in [2.05, 4.69) is 55.5 Å². The Labute approximate surface area is 172 Å². The predicted molar refractivity (Wildman–Crippen MR) is 115 cm³/mol. The minimum Gasteiger partial charge on any atom is -0.366 e. The van der Waals surface area contributed by atoms with Gasteiger partial charge in [0.05, 0.1) is 12.6 Å². The Morgan fingerprint density at radius 2 is 1.90 bits per heavy atom. The van der Waals surface area contributed by atoms with Gasteiger partial charge in [0.25, 0.3) is 0 Å². The van der Waals surface area contributed by atoms with E-state index in [9.17, 15) is 4.39 Å². The van der Waals surface area contributed by atoms with Crippen molar-refractivity contribution in [3.05, 3.63) is 70.7 Å². The monoisotopic (exact) mass is 392 g/mol. The van der Waals surface area contributed by atoms with Crippen LogP contribution >= 0.6 is 0 Å². The van der Waals surface area contributed by atoms with E-state index in [1.807, 2.05) is 12.1 Å². The van der Waals surface area contributed by atoms with Crippen molar-refractivity contribution >= 4 is 10.9 Å². The van der Waals surface area contributed by atoms with Crippen LogP contribution < -0.4 is 0 Å². The van der Waals surface area contributed by atoms with Crippen LogP contribution in [-0.2, 0) is 23.4 Å². The van der Waals surface area contributed by atoms with Gasteiger partial charge in [0, 0.05) is 35.6 Å². The molecule has 29 heavy (non-hydrogen) atoms. The summed E-state index contributed by atoms with van der Waals surface area (Å²) in [6.45, 7) is 9.28. The first-order valence-electron chi connectivity index (χ1n) is 10.6. The standard InChI is InChI=1S/C25H29FN2O/c1-16-5-10-23-21(11-16)22-14-27(4)13-18-12-17(2)29-25(3,15-28(23)24(18)22)19-6-8-20(26)9-7-19/h5-11,17-18H,12-15H2,1-4H3. The third kappa shape index (κ3) is 3.10. The normalized spacial score (nSPS) is 27.5. The fourth-order valence-corrected chi connectivity index (χ4v) is 5.54. The molecule has 3 aromatic rings. The van der Waals surface area contributed by atoms with E-state index < -0.39 is 5.60 Å². The number of nitrogens with zero attached hydrogens (tertiary/aromatic N) is 2. The molecule has 0 N–H and O–H groups in total. The van der Waals surface area contributed by atoms with Crippen LogP contribution in [0.3, 0.4) is 0 Å². The third-order valence-electron chi connectivity index (χ3n) is 6.71. The molecular weight excluding hydrogens is 363 g/mol. The maximum atomic E-state index is 13.6. The molecule has 3 atom stereocenters. The molecule has 0 bridgehead atoms. The number of halogens is 1. The van der Waals surface area contributed by atoms with Gasteiger partial charge in [-0.3, -0.25) is 0 Å². The highest BCUT2D eigenvalue weighted by atomic mass is 19.1. The van der Waals surface area contributed by atoms with Gasteiger partial charge in [-0.25, -0.2) is 4.39 Å². The zero-order chi connectivity index (χ0) is 20.3. The summed E-state index contributed by atoms with van der Waals surface area (Å²) in [4.78, 5) is 2.44. The van der Waals surface area contributed by atoms with Crippen molar-refractivity contribution in [1.29, 1.82) is 0 Å². The van der Waals surface area contributed by atoms with E-state index in [-0.39, 0.29) is 11.9 Å². The van der Waals surface area contributed by atoms with Crippen molar-refractivity contribution in [3.8, 4) is 0 Å². The molecule has 1 aromatic heterocycles. The minimum absolute atomic E-state index is 0.128. The summed E-state index contributed by atoms with van der Waals surface area (Å²) in [7, 11) is 2.22. The molecule has 2 aliphatic rings. The second kappa shape index (κ2) is 6.68. The maximum Gasteiger partial charge on any atom is 0.123 e. The van der Waals surface area contributed by atoms with Crippen molar-refractivity contribution < 1.29 is 9.13 Å². The molecular formula is C25H29FN2O. The molecule has 0 saturated heterocycles. The fraction of sp³-hybridized carbons (Fsp3) is 0.440. The Morgan fingerprint density at radius 3 is 2.66 bits per heavy atom. The second-order valence-electron chi connectivity index (χ2n) is 9.27. The molecule has 0 aliphatic carbocycles. The average Bonchev–Trinajstić information content (AvgIpc) is 2.93. The first kappa shape index (κ1) is 18.8. The number of aromatic nitrogens is 1. The summed E-state index contributed by atoms with van der Waals surface area (Å²) in [6.07, 6.45) is 1.12. The first-order chi connectivity index (χ1) is 13.8. The van der Waals surface area contributed by atoms with Crippen molar-refractivity contribution in [2.45, 2.75) is 57.9 Å². The molecule has 3 nitrogen and oxygen atoms in total. The average molecular weight is 393 g/mol. The smallest absolute Gasteiger partial charge is 0.123 e. The molecule has 0 fully saturated rings. The van der Waals surface area contributed by atoms with Crippen LogP contribution in [0, 0.1) is 12.7 Å². The van der Waals surface area contributed by atoms with Crippen LogP contribution in [-0.4, -0.2) is 29.2 Å². The summed E-state index contributed by atoms with van der Waals surface area (Å²) < 4.78 is 22.7. The summed E-state index contributed by atoms with van der Waals surface area (Å²) in [5.41, 5.74) is 6.05. The van der Waals surface area contributed by atoms with E-state index in [1.54, 1.807) is 0 Å². The summed E-state index contributed by atoms with van der Waals surface area (Å²) in [5, 5.41) is 1.37. The van der Waals surface area contributed by atoms with Crippen LogP contribution in [0.2, 0.25) is 0 Å². The highest BCUT2D eigenvalue weighted by Gasteiger charge is 2.39. The van der Waals surface area contributed by atoms with Crippen molar-refractivity contribution in [1.82, 2.24) is 9.47 Å². The summed E-state index contributed by atoms with van der Waals surface area (Å²) >= 11 is 0. The van der Waals surface area contributed by atoms with E-state index in [0.29, 0.717) is 5.92 Å². The van der Waals surface area contributed by atoms with Crippen LogP contribution in [0.1, 0.15) is 48.6 Å². The van der Waals surface area contributed by atoms with Gasteiger partial charge in [0.2, 0.25) is 0 Å². The number of rotatable bonds is 1. The Kier molecular flexibility index (Phi) is 4.34. The molecule has 5 rings (SSSR count). The van der Waals surface area contributed by atoms with Crippen molar-refractivity contribution in [3.63, 3.8) is 0 Å². The highest BCUT2D eigenvalue weighted by Crippen LogP contribution is 2.43. The molecule has 4 heteroatoms. The summed E-state index contributed by atoms with van der Waals surface area (Å²) in [6, 6.07) is 13.6. The van der Waals surface area contributed by atoms with Gasteiger partial charge in [-0.15, -0.1) is 0 Å². The van der Waals surface area contributed by atoms with E-state index >= 15 is 0 Å². The zero-order valence-corrected chi connectivity index (χ0v) is 17.7. The molecule has 2 aliphatic heterocycles. The molecule has 2 aromatic carbocycles. The summed E-state index contributed by atoms with van der Waals surface area (Å²) in [5.74, 6) is 0.253. The number of ether oxygens (including phenoxy) is 1. The molecule has 0 spiro atoms. The number of benzene rings is 2. The van der Waals surface area contributed by atoms with E-state index in [1.165, 1.54) is 39.9 Å². The quantitative estimate of drug-likeness (QED) is 0.556. The minimum atomic E-state index is -0.508. The lowest BCUT2D eigenvalue weighted by Crippen LogP contribution is -2.41. The fourth-order valence-electron chi connectivity index (χ4n) is 5.54. The number of hydrogen-bond donors (Lipinski definition) is 0. The number of aryl methyl sites for hydroxylation is 1. The van der Waals surface area contributed by atoms with Gasteiger partial charge in [-0.1, -0.05) is 23.8 Å². The number of hydrogen-bond acceptors (Lipinski definition) is 2. The van der Waals surface area contributed by atoms with Crippen molar-refractivity contribution in [2.75, 3.05) is 13.6 Å². The Morgan fingerprint density at radius 1 is 1.14 bits per heavy atom. The van der Waals surface area contributed by atoms with Crippen molar-refractivity contribution in [2.24, 2.45) is 0 Å². The second-order valence-corrected chi connectivity index (χ2v) is 9.27. The van der Waals surface area contributed by atoms with E-state index in [0.717, 1.165) is 31.6 Å². The Bertz CT molecular complexity index is 1070. The lowest BCUT2D eigenvalue weighted by atomic mass is 9.87.